The molecule has 6 heteroatoms. The second-order valence-electron chi connectivity index (χ2n) is 4.36. The highest BCUT2D eigenvalue weighted by atomic mass is 35.5. The maximum absolute atomic E-state index is 9.36. The maximum atomic E-state index is 9.36. The number of aromatic nitrogens is 2. The van der Waals surface area contributed by atoms with Crippen molar-refractivity contribution in [1.29, 1.82) is 0 Å². The van der Waals surface area contributed by atoms with Gasteiger partial charge in [-0.05, 0) is 34.0 Å². The average molecular weight is 273 g/mol. The van der Waals surface area contributed by atoms with Crippen LogP contribution in [0.2, 0.25) is 5.15 Å². The third kappa shape index (κ3) is 4.08. The van der Waals surface area contributed by atoms with Gasteiger partial charge in [-0.1, -0.05) is 11.6 Å². The van der Waals surface area contributed by atoms with Gasteiger partial charge in [0.05, 0.1) is 12.2 Å². The minimum Gasteiger partial charge on any atom is -0.391 e. The molecule has 1 aromatic rings. The molecule has 0 saturated carbocycles. The van der Waals surface area contributed by atoms with Crippen molar-refractivity contribution in [2.45, 2.75) is 20.0 Å². The second kappa shape index (κ2) is 7.51. The van der Waals surface area contributed by atoms with Crippen molar-refractivity contribution < 1.29 is 5.11 Å². The van der Waals surface area contributed by atoms with Gasteiger partial charge in [0.15, 0.2) is 0 Å². The Morgan fingerprint density at radius 2 is 2.00 bits per heavy atom. The fourth-order valence-electron chi connectivity index (χ4n) is 1.78. The highest BCUT2D eigenvalue weighted by molar-refractivity contribution is 6.30. The van der Waals surface area contributed by atoms with E-state index >= 15 is 0 Å². The van der Waals surface area contributed by atoms with Crippen LogP contribution in [0.4, 0.5) is 5.82 Å². The van der Waals surface area contributed by atoms with E-state index in [1.54, 1.807) is 0 Å². The van der Waals surface area contributed by atoms with E-state index in [9.17, 15) is 5.11 Å². The molecule has 1 N–H and O–H groups in total. The molecule has 0 aliphatic heterocycles. The Bertz CT molecular complexity index is 373. The Morgan fingerprint density at radius 1 is 1.28 bits per heavy atom. The van der Waals surface area contributed by atoms with Crippen molar-refractivity contribution in [3.05, 3.63) is 17.0 Å². The molecule has 0 aromatic carbocycles. The van der Waals surface area contributed by atoms with Gasteiger partial charge in [0.25, 0.3) is 0 Å². The first-order valence-electron chi connectivity index (χ1n) is 6.10. The van der Waals surface area contributed by atoms with Crippen LogP contribution in [-0.4, -0.2) is 53.7 Å². The highest BCUT2D eigenvalue weighted by Gasteiger charge is 2.14. The summed E-state index contributed by atoms with van der Waals surface area (Å²) < 4.78 is 0. The molecule has 0 aliphatic carbocycles. The third-order valence-electron chi connectivity index (χ3n) is 2.74. The fourth-order valence-corrected chi connectivity index (χ4v) is 1.97. The zero-order chi connectivity index (χ0) is 13.5. The average Bonchev–Trinajstić information content (AvgIpc) is 2.34. The van der Waals surface area contributed by atoms with Crippen molar-refractivity contribution >= 4 is 17.4 Å². The molecule has 0 spiro atoms. The summed E-state index contributed by atoms with van der Waals surface area (Å²) in [7, 11) is 4.11. The molecular formula is C12H21ClN4O. The Hall–Kier alpha value is -0.910. The SMILES string of the molecule is CCN(CCCN(C)C)c1ncnc(Cl)c1CO. The monoisotopic (exact) mass is 272 g/mol. The van der Waals surface area contributed by atoms with E-state index in [1.807, 2.05) is 0 Å². The van der Waals surface area contributed by atoms with Gasteiger partial charge in [-0.15, -0.1) is 0 Å². The van der Waals surface area contributed by atoms with E-state index in [0.717, 1.165) is 31.9 Å². The smallest absolute Gasteiger partial charge is 0.140 e. The Balaban J connectivity index is 2.78. The van der Waals surface area contributed by atoms with Gasteiger partial charge in [0, 0.05) is 13.1 Å². The van der Waals surface area contributed by atoms with E-state index in [1.165, 1.54) is 6.33 Å². The van der Waals surface area contributed by atoms with Gasteiger partial charge in [0.1, 0.15) is 17.3 Å². The van der Waals surface area contributed by atoms with Crippen molar-refractivity contribution in [2.24, 2.45) is 0 Å². The predicted molar refractivity (Wildman–Crippen MR) is 74.0 cm³/mol. The molecule has 5 nitrogen and oxygen atoms in total. The molecule has 1 rings (SSSR count). The lowest BCUT2D eigenvalue weighted by molar-refractivity contribution is 0.281. The van der Waals surface area contributed by atoms with Gasteiger partial charge in [-0.2, -0.15) is 0 Å². The molecule has 102 valence electrons. The predicted octanol–water partition coefficient (Wildman–Crippen LogP) is 1.40. The fraction of sp³-hybridized carbons (Fsp3) is 0.667. The summed E-state index contributed by atoms with van der Waals surface area (Å²) in [6, 6.07) is 0. The molecule has 0 atom stereocenters. The Labute approximate surface area is 113 Å². The number of aliphatic hydroxyl groups is 1. The standard InChI is InChI=1S/C12H21ClN4O/c1-4-17(7-5-6-16(2)3)12-10(8-18)11(13)14-9-15-12/h9,18H,4-8H2,1-3H3. The van der Waals surface area contributed by atoms with Crippen LogP contribution >= 0.6 is 11.6 Å². The van der Waals surface area contributed by atoms with E-state index in [2.05, 4.69) is 40.8 Å². The molecule has 1 aromatic heterocycles. The van der Waals surface area contributed by atoms with Crippen LogP contribution in [0, 0.1) is 0 Å². The van der Waals surface area contributed by atoms with Gasteiger partial charge < -0.3 is 14.9 Å². The summed E-state index contributed by atoms with van der Waals surface area (Å²) in [5, 5.41) is 9.69. The molecule has 0 bridgehead atoms. The Kier molecular flexibility index (Phi) is 6.32. The number of hydrogen-bond acceptors (Lipinski definition) is 5. The van der Waals surface area contributed by atoms with E-state index in [4.69, 9.17) is 11.6 Å². The summed E-state index contributed by atoms with van der Waals surface area (Å²) in [5.41, 5.74) is 0.603. The summed E-state index contributed by atoms with van der Waals surface area (Å²) in [5.74, 6) is 0.735. The van der Waals surface area contributed by atoms with Gasteiger partial charge in [0.2, 0.25) is 0 Å². The Morgan fingerprint density at radius 3 is 2.56 bits per heavy atom. The second-order valence-corrected chi connectivity index (χ2v) is 4.72. The first kappa shape index (κ1) is 15.1. The first-order chi connectivity index (χ1) is 8.60. The normalized spacial score (nSPS) is 11.0. The summed E-state index contributed by atoms with van der Waals surface area (Å²) in [4.78, 5) is 12.4. The molecule has 0 fully saturated rings. The number of rotatable bonds is 7. The summed E-state index contributed by atoms with van der Waals surface area (Å²) in [6.45, 7) is 4.65. The topological polar surface area (TPSA) is 52.5 Å². The number of nitrogens with zero attached hydrogens (tertiary/aromatic N) is 4. The van der Waals surface area contributed by atoms with Crippen LogP contribution in [-0.2, 0) is 6.61 Å². The molecule has 18 heavy (non-hydrogen) atoms. The molecule has 0 saturated heterocycles. The van der Waals surface area contributed by atoms with Crippen molar-refractivity contribution in [2.75, 3.05) is 38.6 Å². The number of hydrogen-bond donors (Lipinski definition) is 1. The lowest BCUT2D eigenvalue weighted by Gasteiger charge is -2.24. The first-order valence-corrected chi connectivity index (χ1v) is 6.47. The minimum absolute atomic E-state index is 0.140. The zero-order valence-electron chi connectivity index (χ0n) is 11.2. The van der Waals surface area contributed by atoms with E-state index in [0.29, 0.717) is 10.7 Å². The highest BCUT2D eigenvalue weighted by Crippen LogP contribution is 2.23. The lowest BCUT2D eigenvalue weighted by Crippen LogP contribution is -2.29. The van der Waals surface area contributed by atoms with Gasteiger partial charge in [-0.25, -0.2) is 9.97 Å². The molecule has 0 unspecified atom stereocenters. The molecule has 0 aliphatic rings. The van der Waals surface area contributed by atoms with Crippen LogP contribution in [0.1, 0.15) is 18.9 Å². The van der Waals surface area contributed by atoms with Crippen molar-refractivity contribution in [1.82, 2.24) is 14.9 Å². The van der Waals surface area contributed by atoms with E-state index < -0.39 is 0 Å². The van der Waals surface area contributed by atoms with Gasteiger partial charge >= 0.3 is 0 Å². The lowest BCUT2D eigenvalue weighted by atomic mass is 10.2. The minimum atomic E-state index is -0.140. The number of anilines is 1. The van der Waals surface area contributed by atoms with E-state index in [-0.39, 0.29) is 6.61 Å². The zero-order valence-corrected chi connectivity index (χ0v) is 12.0. The quantitative estimate of drug-likeness (QED) is 0.761. The van der Waals surface area contributed by atoms with Crippen LogP contribution in [0.3, 0.4) is 0 Å². The maximum Gasteiger partial charge on any atom is 0.140 e. The third-order valence-corrected chi connectivity index (χ3v) is 3.07. The molecule has 0 amide bonds. The molecule has 1 heterocycles. The van der Waals surface area contributed by atoms with Crippen LogP contribution in [0.15, 0.2) is 6.33 Å². The van der Waals surface area contributed by atoms with Crippen molar-refractivity contribution in [3.63, 3.8) is 0 Å². The summed E-state index contributed by atoms with van der Waals surface area (Å²) in [6.07, 6.45) is 2.47. The molecule has 0 radical (unpaired) electrons. The largest absolute Gasteiger partial charge is 0.391 e. The van der Waals surface area contributed by atoms with Crippen LogP contribution in [0.25, 0.3) is 0 Å². The number of halogens is 1. The molecular weight excluding hydrogens is 252 g/mol. The van der Waals surface area contributed by atoms with Gasteiger partial charge in [-0.3, -0.25) is 0 Å². The van der Waals surface area contributed by atoms with Crippen LogP contribution in [0.5, 0.6) is 0 Å². The summed E-state index contributed by atoms with van der Waals surface area (Å²) >= 11 is 5.97. The van der Waals surface area contributed by atoms with Crippen molar-refractivity contribution in [3.8, 4) is 0 Å². The number of aliphatic hydroxyl groups excluding tert-OH is 1. The van der Waals surface area contributed by atoms with Crippen LogP contribution < -0.4 is 4.90 Å².